The molecule has 1 N–H and O–H groups in total. The molecular formula is C22H29NO4. The zero-order valence-electron chi connectivity index (χ0n) is 16.7. The first-order valence-electron chi connectivity index (χ1n) is 9.24. The van der Waals surface area contributed by atoms with Crippen LogP contribution in [0.5, 0.6) is 17.2 Å². The molecule has 0 aliphatic carbocycles. The molecule has 2 aromatic rings. The Morgan fingerprint density at radius 3 is 2.22 bits per heavy atom. The van der Waals surface area contributed by atoms with Crippen molar-refractivity contribution >= 4 is 5.91 Å². The van der Waals surface area contributed by atoms with Crippen LogP contribution in [0.15, 0.2) is 42.5 Å². The number of methoxy groups -OCH3 is 1. The summed E-state index contributed by atoms with van der Waals surface area (Å²) in [6.07, 6.45) is 0.0562. The minimum atomic E-state index is -0.532. The van der Waals surface area contributed by atoms with Gasteiger partial charge in [-0.1, -0.05) is 13.0 Å². The number of amides is 1. The van der Waals surface area contributed by atoms with Crippen LogP contribution >= 0.6 is 0 Å². The highest BCUT2D eigenvalue weighted by Gasteiger charge is 2.20. The largest absolute Gasteiger partial charge is 0.497 e. The van der Waals surface area contributed by atoms with E-state index in [1.807, 2.05) is 70.2 Å². The lowest BCUT2D eigenvalue weighted by molar-refractivity contribution is -0.128. The molecule has 1 amide bonds. The molecule has 0 heterocycles. The molecule has 0 unspecified atom stereocenters. The van der Waals surface area contributed by atoms with Crippen LogP contribution in [0.25, 0.3) is 0 Å². The SMILES string of the molecule is CC[C@@H](Oc1ccc(C)c(C)c1)C(=O)N[C@H](C)COc1ccc(OC)cc1. The molecule has 2 atom stereocenters. The van der Waals surface area contributed by atoms with Crippen LogP contribution in [0.4, 0.5) is 0 Å². The Labute approximate surface area is 161 Å². The van der Waals surface area contributed by atoms with E-state index in [1.165, 1.54) is 5.56 Å². The Bertz CT molecular complexity index is 742. The summed E-state index contributed by atoms with van der Waals surface area (Å²) >= 11 is 0. The summed E-state index contributed by atoms with van der Waals surface area (Å²) in [6, 6.07) is 13.1. The first-order chi connectivity index (χ1) is 12.9. The quantitative estimate of drug-likeness (QED) is 0.722. The Morgan fingerprint density at radius 2 is 1.63 bits per heavy atom. The van der Waals surface area contributed by atoms with Gasteiger partial charge in [0, 0.05) is 0 Å². The topological polar surface area (TPSA) is 56.8 Å². The molecule has 5 nitrogen and oxygen atoms in total. The fraction of sp³-hybridized carbons (Fsp3) is 0.409. The van der Waals surface area contributed by atoms with Crippen molar-refractivity contribution in [3.8, 4) is 17.2 Å². The molecule has 5 heteroatoms. The minimum absolute atomic E-state index is 0.137. The van der Waals surface area contributed by atoms with Crippen molar-refractivity contribution in [3.05, 3.63) is 53.6 Å². The lowest BCUT2D eigenvalue weighted by Gasteiger charge is -2.21. The van der Waals surface area contributed by atoms with E-state index in [0.29, 0.717) is 18.8 Å². The second-order valence-electron chi connectivity index (χ2n) is 6.66. The van der Waals surface area contributed by atoms with Crippen molar-refractivity contribution in [3.63, 3.8) is 0 Å². The summed E-state index contributed by atoms with van der Waals surface area (Å²) in [6.45, 7) is 8.29. The van der Waals surface area contributed by atoms with Gasteiger partial charge >= 0.3 is 0 Å². The molecule has 0 aliphatic heterocycles. The molecule has 0 spiro atoms. The van der Waals surface area contributed by atoms with Crippen LogP contribution in [0, 0.1) is 13.8 Å². The van der Waals surface area contributed by atoms with E-state index in [-0.39, 0.29) is 11.9 Å². The molecule has 27 heavy (non-hydrogen) atoms. The van der Waals surface area contributed by atoms with Crippen molar-refractivity contribution < 1.29 is 19.0 Å². The Balaban J connectivity index is 1.85. The van der Waals surface area contributed by atoms with Crippen LogP contribution in [0.3, 0.4) is 0 Å². The monoisotopic (exact) mass is 371 g/mol. The number of rotatable bonds is 9. The molecule has 0 radical (unpaired) electrons. The van der Waals surface area contributed by atoms with Gasteiger partial charge in [-0.2, -0.15) is 0 Å². The van der Waals surface area contributed by atoms with Gasteiger partial charge in [0.05, 0.1) is 13.2 Å². The molecule has 0 aromatic heterocycles. The number of hydrogen-bond donors (Lipinski definition) is 1. The fourth-order valence-corrected chi connectivity index (χ4v) is 2.54. The standard InChI is InChI=1S/C22H29NO4/c1-6-21(27-20-8-7-15(2)16(3)13-20)22(24)23-17(4)14-26-19-11-9-18(25-5)10-12-19/h7-13,17,21H,6,14H2,1-5H3,(H,23,24)/t17-,21-/m1/s1. The number of aryl methyl sites for hydroxylation is 2. The number of carbonyl (C=O) groups excluding carboxylic acids is 1. The van der Waals surface area contributed by atoms with Crippen LogP contribution in [0.2, 0.25) is 0 Å². The third-order valence-electron chi connectivity index (χ3n) is 4.37. The van der Waals surface area contributed by atoms with E-state index >= 15 is 0 Å². The van der Waals surface area contributed by atoms with E-state index in [9.17, 15) is 4.79 Å². The number of carbonyl (C=O) groups is 1. The molecule has 146 valence electrons. The Morgan fingerprint density at radius 1 is 1.00 bits per heavy atom. The summed E-state index contributed by atoms with van der Waals surface area (Å²) in [5.41, 5.74) is 2.34. The Kier molecular flexibility index (Phi) is 7.53. The molecule has 0 saturated heterocycles. The van der Waals surface area contributed by atoms with E-state index < -0.39 is 6.10 Å². The van der Waals surface area contributed by atoms with Gasteiger partial charge in [0.2, 0.25) is 0 Å². The first-order valence-corrected chi connectivity index (χ1v) is 9.24. The van der Waals surface area contributed by atoms with Crippen molar-refractivity contribution in [1.29, 1.82) is 0 Å². The maximum Gasteiger partial charge on any atom is 0.261 e. The third kappa shape index (κ3) is 6.20. The number of hydrogen-bond acceptors (Lipinski definition) is 4. The molecule has 0 aliphatic rings. The van der Waals surface area contributed by atoms with Crippen LogP contribution < -0.4 is 19.5 Å². The van der Waals surface area contributed by atoms with Crippen LogP contribution in [-0.4, -0.2) is 31.8 Å². The van der Waals surface area contributed by atoms with Crippen LogP contribution in [-0.2, 0) is 4.79 Å². The number of ether oxygens (including phenoxy) is 3. The lowest BCUT2D eigenvalue weighted by Crippen LogP contribution is -2.44. The maximum atomic E-state index is 12.5. The molecule has 0 bridgehead atoms. The number of nitrogens with one attached hydrogen (secondary N) is 1. The highest BCUT2D eigenvalue weighted by molar-refractivity contribution is 5.81. The predicted molar refractivity (Wildman–Crippen MR) is 107 cm³/mol. The van der Waals surface area contributed by atoms with Gasteiger partial charge in [-0.05, 0) is 74.7 Å². The van der Waals surface area contributed by atoms with Gasteiger partial charge in [0.15, 0.2) is 6.10 Å². The van der Waals surface area contributed by atoms with Gasteiger partial charge in [-0.3, -0.25) is 4.79 Å². The van der Waals surface area contributed by atoms with Gasteiger partial charge in [0.25, 0.3) is 5.91 Å². The average Bonchev–Trinajstić information content (AvgIpc) is 2.67. The zero-order valence-corrected chi connectivity index (χ0v) is 16.7. The first kappa shape index (κ1) is 20.6. The lowest BCUT2D eigenvalue weighted by atomic mass is 10.1. The molecule has 2 rings (SSSR count). The van der Waals surface area contributed by atoms with Crippen molar-refractivity contribution in [2.75, 3.05) is 13.7 Å². The van der Waals surface area contributed by atoms with E-state index in [4.69, 9.17) is 14.2 Å². The minimum Gasteiger partial charge on any atom is -0.497 e. The Hall–Kier alpha value is -2.69. The van der Waals surface area contributed by atoms with Crippen molar-refractivity contribution in [2.24, 2.45) is 0 Å². The van der Waals surface area contributed by atoms with Gasteiger partial charge in [-0.25, -0.2) is 0 Å². The average molecular weight is 371 g/mol. The fourth-order valence-electron chi connectivity index (χ4n) is 2.54. The summed E-state index contributed by atoms with van der Waals surface area (Å²) in [5, 5.41) is 2.96. The predicted octanol–water partition coefficient (Wildman–Crippen LogP) is 4.05. The summed E-state index contributed by atoms with van der Waals surface area (Å²) in [7, 11) is 1.62. The molecule has 0 fully saturated rings. The summed E-state index contributed by atoms with van der Waals surface area (Å²) < 4.78 is 16.7. The second kappa shape index (κ2) is 9.86. The second-order valence-corrected chi connectivity index (χ2v) is 6.66. The van der Waals surface area contributed by atoms with Crippen molar-refractivity contribution in [1.82, 2.24) is 5.32 Å². The van der Waals surface area contributed by atoms with Gasteiger partial charge in [0.1, 0.15) is 23.9 Å². The molecule has 2 aromatic carbocycles. The van der Waals surface area contributed by atoms with Gasteiger partial charge in [-0.15, -0.1) is 0 Å². The third-order valence-corrected chi connectivity index (χ3v) is 4.37. The highest BCUT2D eigenvalue weighted by atomic mass is 16.5. The summed E-state index contributed by atoms with van der Waals surface area (Å²) in [5.74, 6) is 2.08. The molecular weight excluding hydrogens is 342 g/mol. The highest BCUT2D eigenvalue weighted by Crippen LogP contribution is 2.19. The van der Waals surface area contributed by atoms with E-state index in [1.54, 1.807) is 7.11 Å². The maximum absolute atomic E-state index is 12.5. The zero-order chi connectivity index (χ0) is 19.8. The van der Waals surface area contributed by atoms with Crippen LogP contribution in [0.1, 0.15) is 31.4 Å². The smallest absolute Gasteiger partial charge is 0.261 e. The van der Waals surface area contributed by atoms with Gasteiger partial charge < -0.3 is 19.5 Å². The van der Waals surface area contributed by atoms with E-state index in [0.717, 1.165) is 17.1 Å². The van der Waals surface area contributed by atoms with E-state index in [2.05, 4.69) is 5.32 Å². The number of benzene rings is 2. The molecule has 0 saturated carbocycles. The normalized spacial score (nSPS) is 12.8. The van der Waals surface area contributed by atoms with Crippen molar-refractivity contribution in [2.45, 2.75) is 46.3 Å². The summed E-state index contributed by atoms with van der Waals surface area (Å²) in [4.78, 5) is 12.5.